The first-order chi connectivity index (χ1) is 16.4. The summed E-state index contributed by atoms with van der Waals surface area (Å²) in [4.78, 5) is 28.0. The second kappa shape index (κ2) is 10.5. The average molecular weight is 535 g/mol. The van der Waals surface area contributed by atoms with Crippen molar-refractivity contribution in [2.24, 2.45) is 5.41 Å². The molecule has 6 nitrogen and oxygen atoms in total. The van der Waals surface area contributed by atoms with E-state index < -0.39 is 47.7 Å². The number of pyridine rings is 1. The van der Waals surface area contributed by atoms with E-state index in [2.05, 4.69) is 28.9 Å². The lowest BCUT2D eigenvalue weighted by molar-refractivity contribution is -0.308. The van der Waals surface area contributed by atoms with Crippen molar-refractivity contribution in [2.45, 2.75) is 57.7 Å². The third kappa shape index (κ3) is 7.26. The van der Waals surface area contributed by atoms with E-state index in [-0.39, 0.29) is 37.2 Å². The lowest BCUT2D eigenvalue weighted by atomic mass is 9.88. The normalized spacial score (nSPS) is 17.2. The highest BCUT2D eigenvalue weighted by molar-refractivity contribution is 6.08. The van der Waals surface area contributed by atoms with Gasteiger partial charge in [-0.3, -0.25) is 9.78 Å². The van der Waals surface area contributed by atoms with Crippen LogP contribution in [0.4, 0.5) is 50.0 Å². The number of nitrogens with one attached hydrogen (secondary N) is 1. The Morgan fingerprint density at radius 2 is 1.58 bits per heavy atom. The molecule has 0 bridgehead atoms. The Morgan fingerprint density at radius 3 is 2.06 bits per heavy atom. The van der Waals surface area contributed by atoms with Gasteiger partial charge in [-0.1, -0.05) is 26.3 Å². The highest BCUT2D eigenvalue weighted by Crippen LogP contribution is 2.52. The molecule has 1 aliphatic carbocycles. The molecule has 1 saturated heterocycles. The molecule has 2 amide bonds. The van der Waals surface area contributed by atoms with Crippen LogP contribution in [0, 0.1) is 5.41 Å². The molecule has 2 aliphatic rings. The molecular formula is C21H22F9N3O3. The number of hydrogen-bond donors (Lipinski definition) is 1. The van der Waals surface area contributed by atoms with Crippen molar-refractivity contribution in [2.75, 3.05) is 18.4 Å². The van der Waals surface area contributed by atoms with Crippen molar-refractivity contribution in [1.82, 2.24) is 9.88 Å². The Hall–Kier alpha value is -3.00. The molecule has 3 rings (SSSR count). The minimum atomic E-state index is -5.84. The molecule has 202 valence electrons. The number of piperidine rings is 1. The first-order valence-corrected chi connectivity index (χ1v) is 10.6. The number of alkyl halides is 9. The van der Waals surface area contributed by atoms with E-state index in [9.17, 15) is 49.1 Å². The summed E-state index contributed by atoms with van der Waals surface area (Å²) in [6.07, 6.45) is -18.9. The Bertz CT molecular complexity index is 965. The number of likely N-dealkylation sites (tertiary alicyclic amines) is 1. The summed E-state index contributed by atoms with van der Waals surface area (Å²) >= 11 is 0. The van der Waals surface area contributed by atoms with Gasteiger partial charge in [0.05, 0.1) is 0 Å². The Morgan fingerprint density at radius 1 is 1.06 bits per heavy atom. The first-order valence-electron chi connectivity index (χ1n) is 10.6. The van der Waals surface area contributed by atoms with E-state index in [4.69, 9.17) is 0 Å². The standard InChI is InChI=1S/C18H14F9N3O3.C3H8/c19-16(20,21)11-7-9(1-4-28-11)29-12(31)10-8-15(10)2-5-30(6-3-15)14(32)33-13(17(22,23)24)18(25,26)27;1-3-2/h1,4,7-8,13H,2-3,5-6H2,(H,28,29,31);3H2,1-2H3. The van der Waals surface area contributed by atoms with Crippen LogP contribution in [0.2, 0.25) is 0 Å². The molecule has 1 N–H and O–H groups in total. The Balaban J connectivity index is 0.00000145. The number of carbonyl (C=O) groups is 2. The van der Waals surface area contributed by atoms with Gasteiger partial charge in [0, 0.05) is 36.0 Å². The summed E-state index contributed by atoms with van der Waals surface area (Å²) in [5.74, 6) is -0.723. The SMILES string of the molecule is CCC.O=C(Nc1ccnc(C(F)(F)F)c1)C1=CC12CCN(C(=O)OC(C(F)(F)F)C(F)(F)F)CC2. The fourth-order valence-corrected chi connectivity index (χ4v) is 3.39. The minimum absolute atomic E-state index is 0.0116. The van der Waals surface area contributed by atoms with Gasteiger partial charge in [0.25, 0.3) is 12.0 Å². The molecular weight excluding hydrogens is 513 g/mol. The summed E-state index contributed by atoms with van der Waals surface area (Å²) in [6, 6.07) is 1.77. The van der Waals surface area contributed by atoms with Gasteiger partial charge < -0.3 is 15.0 Å². The molecule has 1 aromatic heterocycles. The second-order valence-electron chi connectivity index (χ2n) is 8.14. The number of hydrogen-bond acceptors (Lipinski definition) is 4. The van der Waals surface area contributed by atoms with Crippen LogP contribution in [0.25, 0.3) is 0 Å². The molecule has 1 aliphatic heterocycles. The van der Waals surface area contributed by atoms with Gasteiger partial charge in [0.15, 0.2) is 0 Å². The summed E-state index contributed by atoms with van der Waals surface area (Å²) < 4.78 is 117. The highest BCUT2D eigenvalue weighted by atomic mass is 19.4. The lowest BCUT2D eigenvalue weighted by Crippen LogP contribution is -2.49. The number of carbonyl (C=O) groups excluding carboxylic acids is 2. The molecule has 2 heterocycles. The number of amides is 2. The fourth-order valence-electron chi connectivity index (χ4n) is 3.39. The van der Waals surface area contributed by atoms with Crippen molar-refractivity contribution in [3.8, 4) is 0 Å². The third-order valence-electron chi connectivity index (χ3n) is 5.15. The minimum Gasteiger partial charge on any atom is -0.426 e. The smallest absolute Gasteiger partial charge is 0.426 e. The first kappa shape index (κ1) is 29.2. The summed E-state index contributed by atoms with van der Waals surface area (Å²) in [5, 5.41) is 2.28. The fraction of sp³-hybridized carbons (Fsp3) is 0.571. The van der Waals surface area contributed by atoms with E-state index in [0.717, 1.165) is 12.3 Å². The zero-order valence-electron chi connectivity index (χ0n) is 18.9. The van der Waals surface area contributed by atoms with Gasteiger partial charge in [0.2, 0.25) is 0 Å². The molecule has 36 heavy (non-hydrogen) atoms. The van der Waals surface area contributed by atoms with Crippen molar-refractivity contribution in [3.63, 3.8) is 0 Å². The molecule has 1 fully saturated rings. The topological polar surface area (TPSA) is 71.5 Å². The lowest BCUT2D eigenvalue weighted by Gasteiger charge is -2.34. The predicted molar refractivity (Wildman–Crippen MR) is 108 cm³/mol. The third-order valence-corrected chi connectivity index (χ3v) is 5.15. The molecule has 0 radical (unpaired) electrons. The molecule has 15 heteroatoms. The van der Waals surface area contributed by atoms with Crippen LogP contribution in [0.15, 0.2) is 30.0 Å². The van der Waals surface area contributed by atoms with E-state index in [1.807, 2.05) is 0 Å². The van der Waals surface area contributed by atoms with Gasteiger partial charge >= 0.3 is 24.6 Å². The number of anilines is 1. The van der Waals surface area contributed by atoms with Crippen molar-refractivity contribution < 1.29 is 53.8 Å². The highest BCUT2D eigenvalue weighted by Gasteiger charge is 2.60. The van der Waals surface area contributed by atoms with E-state index in [1.54, 1.807) is 0 Å². The zero-order chi connectivity index (χ0) is 27.5. The average Bonchev–Trinajstić information content (AvgIpc) is 3.44. The number of halogens is 9. The molecule has 1 aromatic rings. The quantitative estimate of drug-likeness (QED) is 0.475. The van der Waals surface area contributed by atoms with Crippen LogP contribution in [0.3, 0.4) is 0 Å². The number of aromatic nitrogens is 1. The maximum Gasteiger partial charge on any atom is 0.434 e. The van der Waals surface area contributed by atoms with Crippen LogP contribution in [-0.2, 0) is 15.7 Å². The van der Waals surface area contributed by atoms with E-state index >= 15 is 0 Å². The van der Waals surface area contributed by atoms with Crippen LogP contribution in [0.5, 0.6) is 0 Å². The Labute approximate surface area is 199 Å². The maximum absolute atomic E-state index is 12.7. The predicted octanol–water partition coefficient (Wildman–Crippen LogP) is 6.11. The zero-order valence-corrected chi connectivity index (χ0v) is 18.9. The molecule has 0 unspecified atom stereocenters. The summed E-state index contributed by atoms with van der Waals surface area (Å²) in [7, 11) is 0. The van der Waals surface area contributed by atoms with Gasteiger partial charge in [-0.15, -0.1) is 0 Å². The van der Waals surface area contributed by atoms with E-state index in [1.165, 1.54) is 12.5 Å². The summed E-state index contributed by atoms with van der Waals surface area (Å²) in [5.41, 5.74) is -2.06. The van der Waals surface area contributed by atoms with Crippen LogP contribution >= 0.6 is 0 Å². The van der Waals surface area contributed by atoms with Crippen LogP contribution in [0.1, 0.15) is 38.8 Å². The molecule has 1 spiro atoms. The van der Waals surface area contributed by atoms with Crippen molar-refractivity contribution in [1.29, 1.82) is 0 Å². The van der Waals surface area contributed by atoms with Crippen LogP contribution in [-0.4, -0.2) is 53.4 Å². The second-order valence-corrected chi connectivity index (χ2v) is 8.14. The number of ether oxygens (including phenoxy) is 1. The van der Waals surface area contributed by atoms with Gasteiger partial charge in [0.1, 0.15) is 5.69 Å². The van der Waals surface area contributed by atoms with E-state index in [0.29, 0.717) is 11.0 Å². The number of allylic oxidation sites excluding steroid dienone is 1. The van der Waals surface area contributed by atoms with Crippen molar-refractivity contribution >= 4 is 17.7 Å². The summed E-state index contributed by atoms with van der Waals surface area (Å²) in [6.45, 7) is 3.67. The number of rotatable bonds is 3. The molecule has 0 atom stereocenters. The number of nitrogens with zero attached hydrogens (tertiary/aromatic N) is 2. The van der Waals surface area contributed by atoms with Gasteiger partial charge in [-0.2, -0.15) is 39.5 Å². The monoisotopic (exact) mass is 535 g/mol. The Kier molecular flexibility index (Phi) is 8.56. The van der Waals surface area contributed by atoms with Crippen LogP contribution < -0.4 is 5.32 Å². The van der Waals surface area contributed by atoms with Crippen molar-refractivity contribution in [3.05, 3.63) is 35.7 Å². The van der Waals surface area contributed by atoms with Gasteiger partial charge in [-0.05, 0) is 25.0 Å². The largest absolute Gasteiger partial charge is 0.434 e. The van der Waals surface area contributed by atoms with Gasteiger partial charge in [-0.25, -0.2) is 4.79 Å². The molecule has 0 saturated carbocycles. The molecule has 0 aromatic carbocycles. The maximum atomic E-state index is 12.7.